The van der Waals surface area contributed by atoms with Crippen LogP contribution in [0.3, 0.4) is 0 Å². The number of hydrogen-bond acceptors (Lipinski definition) is 14. The second-order valence-corrected chi connectivity index (χ2v) is 14.5. The van der Waals surface area contributed by atoms with Gasteiger partial charge in [-0.2, -0.15) is 0 Å². The van der Waals surface area contributed by atoms with Gasteiger partial charge in [-0.25, -0.2) is 19.0 Å². The summed E-state index contributed by atoms with van der Waals surface area (Å²) in [6.45, 7) is 15.6. The molecule has 0 saturated carbocycles. The zero-order valence-corrected chi connectivity index (χ0v) is 31.7. The van der Waals surface area contributed by atoms with Crippen molar-refractivity contribution in [2.75, 3.05) is 71.6 Å². The van der Waals surface area contributed by atoms with Crippen LogP contribution in [0.15, 0.2) is 24.5 Å². The van der Waals surface area contributed by atoms with E-state index in [9.17, 15) is 14.4 Å². The molecule has 1 N–H and O–H groups in total. The van der Waals surface area contributed by atoms with Gasteiger partial charge in [0.15, 0.2) is 17.4 Å². The highest BCUT2D eigenvalue weighted by atomic mass is 19.1. The molecule has 2 saturated heterocycles. The molecule has 290 valence electrons. The number of rotatable bonds is 17. The van der Waals surface area contributed by atoms with Gasteiger partial charge in [0.1, 0.15) is 6.33 Å². The lowest BCUT2D eigenvalue weighted by Gasteiger charge is -2.53. The third-order valence-corrected chi connectivity index (χ3v) is 10.0. The van der Waals surface area contributed by atoms with Gasteiger partial charge in [0.2, 0.25) is 11.5 Å². The lowest BCUT2D eigenvalue weighted by atomic mass is 9.76. The Bertz CT molecular complexity index is 1640. The molecule has 0 unspecified atom stereocenters. The normalized spacial score (nSPS) is 18.1. The number of carbonyl (C=O) groups excluding carboxylic acids is 3. The molecule has 2 fully saturated rings. The molecule has 53 heavy (non-hydrogen) atoms. The van der Waals surface area contributed by atoms with Crippen molar-refractivity contribution in [2.45, 2.75) is 72.0 Å². The topological polar surface area (TPSA) is 158 Å². The van der Waals surface area contributed by atoms with Crippen LogP contribution in [0.5, 0.6) is 23.1 Å². The number of carbonyl (C=O) groups is 3. The molecular formula is C37H52FN7O8. The van der Waals surface area contributed by atoms with Crippen LogP contribution in [-0.2, 0) is 19.1 Å². The van der Waals surface area contributed by atoms with Crippen molar-refractivity contribution in [3.8, 4) is 23.1 Å². The lowest BCUT2D eigenvalue weighted by molar-refractivity contribution is -0.133. The number of fused-ring (bicyclic) bond motifs is 1. The van der Waals surface area contributed by atoms with Crippen LogP contribution in [0, 0.1) is 17.2 Å². The number of benzene rings is 1. The van der Waals surface area contributed by atoms with Crippen molar-refractivity contribution in [1.82, 2.24) is 30.3 Å². The Balaban J connectivity index is 1.35. The Morgan fingerprint density at radius 1 is 1.06 bits per heavy atom. The number of esters is 2. The molecule has 4 heterocycles. The highest BCUT2D eigenvalue weighted by Crippen LogP contribution is 2.48. The van der Waals surface area contributed by atoms with Gasteiger partial charge in [0, 0.05) is 76.6 Å². The Labute approximate surface area is 310 Å². The van der Waals surface area contributed by atoms with E-state index < -0.39 is 35.2 Å². The van der Waals surface area contributed by atoms with Gasteiger partial charge < -0.3 is 38.8 Å². The van der Waals surface area contributed by atoms with Crippen molar-refractivity contribution in [3.05, 3.63) is 35.9 Å². The summed E-state index contributed by atoms with van der Waals surface area (Å²) in [6.07, 6.45) is 5.99. The first-order valence-corrected chi connectivity index (χ1v) is 18.2. The fourth-order valence-corrected chi connectivity index (χ4v) is 7.53. The summed E-state index contributed by atoms with van der Waals surface area (Å²) in [4.78, 5) is 49.5. The number of methoxy groups -OCH3 is 2. The van der Waals surface area contributed by atoms with E-state index in [0.29, 0.717) is 50.6 Å². The number of hydrogen-bond donors (Lipinski definition) is 1. The molecule has 16 heteroatoms. The molecular weight excluding hydrogens is 689 g/mol. The molecule has 0 aliphatic carbocycles. The average molecular weight is 742 g/mol. The summed E-state index contributed by atoms with van der Waals surface area (Å²) < 4.78 is 43.1. The second kappa shape index (κ2) is 17.7. The average Bonchev–Trinajstić information content (AvgIpc) is 3.55. The van der Waals surface area contributed by atoms with Crippen LogP contribution in [0.25, 0.3) is 0 Å². The first kappa shape index (κ1) is 39.9. The van der Waals surface area contributed by atoms with Crippen molar-refractivity contribution in [3.63, 3.8) is 0 Å². The van der Waals surface area contributed by atoms with Crippen LogP contribution in [-0.4, -0.2) is 128 Å². The number of nitrogens with one attached hydrogen (secondary N) is 1. The van der Waals surface area contributed by atoms with Gasteiger partial charge in [-0.3, -0.25) is 9.69 Å². The number of likely N-dealkylation sites (tertiary alicyclic amines) is 1. The van der Waals surface area contributed by atoms with E-state index in [1.807, 2.05) is 13.8 Å². The van der Waals surface area contributed by atoms with E-state index in [1.54, 1.807) is 21.1 Å². The standard InChI is InChI=1S/C37H52FN7O8/c1-8-45(24(4)5)36(48)26-16-27(38)32-33(52-30(47)12-11-29(46)51-32)31(26)53-35-34(40-22-41-42-35)43-15-13-37(19-43)20-44(21-37)28(23(2)3)10-9-14-39-25(17-49-6)18-50-7/h11-12,16,22-25,28,39H,8-10,13-15,17-21H2,1-7H3/b12-11+/t28-/m1/s1. The Morgan fingerprint density at radius 2 is 1.74 bits per heavy atom. The minimum absolute atomic E-state index is 0.0386. The Hall–Kier alpha value is -4.25. The minimum Gasteiger partial charge on any atom is -0.430 e. The summed E-state index contributed by atoms with van der Waals surface area (Å²) >= 11 is 0. The van der Waals surface area contributed by atoms with Crippen LogP contribution < -0.4 is 24.4 Å². The largest absolute Gasteiger partial charge is 0.430 e. The smallest absolute Gasteiger partial charge is 0.336 e. The van der Waals surface area contributed by atoms with Crippen molar-refractivity contribution in [2.24, 2.45) is 11.3 Å². The fourth-order valence-electron chi connectivity index (χ4n) is 7.53. The quantitative estimate of drug-likeness (QED) is 0.142. The van der Waals surface area contributed by atoms with Gasteiger partial charge in [-0.15, -0.1) is 10.2 Å². The highest BCUT2D eigenvalue weighted by molar-refractivity contribution is 6.01. The lowest BCUT2D eigenvalue weighted by Crippen LogP contribution is -2.62. The molecule has 2 aromatic rings. The second-order valence-electron chi connectivity index (χ2n) is 14.5. The maximum absolute atomic E-state index is 15.6. The fraction of sp³-hybridized carbons (Fsp3) is 0.622. The number of nitrogens with zero attached hydrogens (tertiary/aromatic N) is 6. The number of halogens is 1. The summed E-state index contributed by atoms with van der Waals surface area (Å²) in [7, 11) is 3.39. The van der Waals surface area contributed by atoms with E-state index >= 15 is 4.39 Å². The van der Waals surface area contributed by atoms with Gasteiger partial charge in [0.25, 0.3) is 11.8 Å². The van der Waals surface area contributed by atoms with E-state index in [-0.39, 0.29) is 34.7 Å². The number of ether oxygens (including phenoxy) is 5. The predicted octanol–water partition coefficient (Wildman–Crippen LogP) is 3.62. The maximum atomic E-state index is 15.6. The highest BCUT2D eigenvalue weighted by Gasteiger charge is 2.50. The minimum atomic E-state index is -1.09. The summed E-state index contributed by atoms with van der Waals surface area (Å²) in [5.74, 6) is -4.50. The summed E-state index contributed by atoms with van der Waals surface area (Å²) in [5, 5.41) is 11.7. The first-order valence-electron chi connectivity index (χ1n) is 18.2. The third kappa shape index (κ3) is 9.28. The summed E-state index contributed by atoms with van der Waals surface area (Å²) in [6, 6.07) is 1.25. The molecule has 3 aliphatic rings. The maximum Gasteiger partial charge on any atom is 0.336 e. The molecule has 5 rings (SSSR count). The molecule has 1 amide bonds. The van der Waals surface area contributed by atoms with Crippen LogP contribution in [0.2, 0.25) is 0 Å². The van der Waals surface area contributed by atoms with Crippen molar-refractivity contribution in [1.29, 1.82) is 0 Å². The van der Waals surface area contributed by atoms with Gasteiger partial charge in [-0.05, 0) is 58.6 Å². The van der Waals surface area contributed by atoms with Crippen LogP contribution >= 0.6 is 0 Å². The SMILES string of the molecule is CCN(C(=O)c1cc(F)c2c(c1Oc1nncnc1N1CCC3(C1)CN([C@H](CCCNC(COC)COC)C(C)C)C3)OC(=O)/C=C/C(=O)O2)C(C)C. The van der Waals surface area contributed by atoms with E-state index in [0.717, 1.165) is 57.1 Å². The molecule has 1 aromatic carbocycles. The molecule has 1 aromatic heterocycles. The predicted molar refractivity (Wildman–Crippen MR) is 193 cm³/mol. The zero-order chi connectivity index (χ0) is 38.3. The van der Waals surface area contributed by atoms with Crippen molar-refractivity contribution < 1.29 is 42.5 Å². The van der Waals surface area contributed by atoms with E-state index in [2.05, 4.69) is 44.1 Å². The number of aromatic nitrogens is 3. The van der Waals surface area contributed by atoms with Gasteiger partial charge in [-0.1, -0.05) is 13.8 Å². The molecule has 3 aliphatic heterocycles. The molecule has 0 bridgehead atoms. The number of amides is 1. The van der Waals surface area contributed by atoms with Crippen LogP contribution in [0.1, 0.15) is 64.2 Å². The Morgan fingerprint density at radius 3 is 2.36 bits per heavy atom. The molecule has 15 nitrogen and oxygen atoms in total. The van der Waals surface area contributed by atoms with Crippen molar-refractivity contribution >= 4 is 23.7 Å². The Kier molecular flexibility index (Phi) is 13.4. The zero-order valence-electron chi connectivity index (χ0n) is 31.7. The van der Waals surface area contributed by atoms with E-state index in [4.69, 9.17) is 23.7 Å². The summed E-state index contributed by atoms with van der Waals surface area (Å²) in [5.41, 5.74) is -0.214. The first-order chi connectivity index (χ1) is 25.4. The molecule has 1 spiro atoms. The van der Waals surface area contributed by atoms with Gasteiger partial charge >= 0.3 is 11.9 Å². The van der Waals surface area contributed by atoms with Crippen LogP contribution in [0.4, 0.5) is 10.2 Å². The number of anilines is 1. The molecule has 0 radical (unpaired) electrons. The third-order valence-electron chi connectivity index (χ3n) is 10.0. The monoisotopic (exact) mass is 741 g/mol. The van der Waals surface area contributed by atoms with Gasteiger partial charge in [0.05, 0.1) is 24.8 Å². The van der Waals surface area contributed by atoms with E-state index in [1.165, 1.54) is 11.2 Å². The molecule has 1 atom stereocenters.